The minimum atomic E-state index is -0.597. The fourth-order valence-corrected chi connectivity index (χ4v) is 7.06. The first-order valence-electron chi connectivity index (χ1n) is 7.04. The molecule has 22 heavy (non-hydrogen) atoms. The third-order valence-electron chi connectivity index (χ3n) is 4.33. The number of halogens is 1. The first-order chi connectivity index (χ1) is 10.5. The zero-order valence-electron chi connectivity index (χ0n) is 13.2. The second-order valence-corrected chi connectivity index (χ2v) is 8.04. The molecule has 2 aliphatic rings. The maximum absolute atomic E-state index is 12.2. The Morgan fingerprint density at radius 3 is 1.86 bits per heavy atom. The van der Waals surface area contributed by atoms with Gasteiger partial charge in [0.05, 0.1) is 25.4 Å². The normalized spacial score (nSPS) is 27.0. The molecule has 0 spiro atoms. The van der Waals surface area contributed by atoms with Crippen LogP contribution in [0.15, 0.2) is 34.4 Å². The van der Waals surface area contributed by atoms with Crippen molar-refractivity contribution in [3.63, 3.8) is 0 Å². The Kier molecular flexibility index (Phi) is 5.46. The minimum Gasteiger partial charge on any atom is -0.466 e. The maximum atomic E-state index is 12.2. The lowest BCUT2D eigenvalue weighted by molar-refractivity contribution is -0.139. The Hall–Kier alpha value is -1.12. The van der Waals surface area contributed by atoms with E-state index in [1.165, 1.54) is 25.4 Å². The summed E-state index contributed by atoms with van der Waals surface area (Å²) >= 11 is 5.69. The Morgan fingerprint density at radius 2 is 1.50 bits per heavy atom. The molecule has 0 N–H and O–H groups in total. The lowest BCUT2D eigenvalue weighted by atomic mass is 9.87. The van der Waals surface area contributed by atoms with E-state index in [0.717, 1.165) is 6.16 Å². The van der Waals surface area contributed by atoms with Gasteiger partial charge in [-0.2, -0.15) is 0 Å². The molecule has 2 heterocycles. The maximum Gasteiger partial charge on any atom is 0.335 e. The van der Waals surface area contributed by atoms with Crippen LogP contribution in [0.3, 0.4) is 0 Å². The van der Waals surface area contributed by atoms with Gasteiger partial charge in [-0.05, 0) is 20.0 Å². The summed E-state index contributed by atoms with van der Waals surface area (Å²) in [5.74, 6) is -0.382. The number of fused-ring (bicyclic) bond motifs is 2. The van der Waals surface area contributed by atoms with Crippen molar-refractivity contribution in [1.29, 1.82) is 0 Å². The first kappa shape index (κ1) is 17.2. The number of hydrogen-bond donors (Lipinski definition) is 0. The minimum absolute atomic E-state index is 0.0125. The Morgan fingerprint density at radius 1 is 1.05 bits per heavy atom. The quantitative estimate of drug-likeness (QED) is 0.333. The molecule has 2 bridgehead atoms. The van der Waals surface area contributed by atoms with Gasteiger partial charge in [0.25, 0.3) is 0 Å². The number of hydrogen-bond acceptors (Lipinski definition) is 4. The van der Waals surface area contributed by atoms with E-state index in [1.54, 1.807) is 0 Å². The van der Waals surface area contributed by atoms with Gasteiger partial charge in [0.15, 0.2) is 0 Å². The van der Waals surface area contributed by atoms with E-state index in [0.29, 0.717) is 17.0 Å². The van der Waals surface area contributed by atoms with Crippen LogP contribution in [0.2, 0.25) is 0 Å². The number of alkyl halides is 1. The van der Waals surface area contributed by atoms with Gasteiger partial charge in [-0.15, -0.1) is 11.6 Å². The van der Waals surface area contributed by atoms with E-state index in [2.05, 4.69) is 0 Å². The van der Waals surface area contributed by atoms with Gasteiger partial charge in [0.2, 0.25) is 0 Å². The molecule has 120 valence electrons. The SMILES string of the molecule is COC(=O)C1=C(C(=O)OC)[C@@H]2C(C)=C(C)[C@H]1P2C/C=C\CCl. The number of carbonyl (C=O) groups is 2. The molecule has 2 rings (SSSR count). The summed E-state index contributed by atoms with van der Waals surface area (Å²) < 4.78 is 9.83. The zero-order chi connectivity index (χ0) is 16.4. The predicted molar refractivity (Wildman–Crippen MR) is 88.7 cm³/mol. The first-order valence-corrected chi connectivity index (χ1v) is 9.24. The highest BCUT2D eigenvalue weighted by molar-refractivity contribution is 7.61. The smallest absolute Gasteiger partial charge is 0.335 e. The van der Waals surface area contributed by atoms with Crippen molar-refractivity contribution in [3.05, 3.63) is 34.4 Å². The van der Waals surface area contributed by atoms with Crippen LogP contribution in [0.4, 0.5) is 0 Å². The highest BCUT2D eigenvalue weighted by atomic mass is 35.5. The molecule has 0 aromatic heterocycles. The van der Waals surface area contributed by atoms with Gasteiger partial charge in [0.1, 0.15) is 0 Å². The molecular weight excluding hydrogens is 323 g/mol. The highest BCUT2D eigenvalue weighted by Crippen LogP contribution is 2.67. The summed E-state index contributed by atoms with van der Waals surface area (Å²) in [6.07, 6.45) is 4.77. The molecule has 0 aromatic carbocycles. The average Bonchev–Trinajstić information content (AvgIpc) is 2.97. The van der Waals surface area contributed by atoms with Crippen LogP contribution in [-0.2, 0) is 19.1 Å². The van der Waals surface area contributed by atoms with Gasteiger partial charge in [-0.25, -0.2) is 9.59 Å². The van der Waals surface area contributed by atoms with Gasteiger partial charge >= 0.3 is 11.9 Å². The lowest BCUT2D eigenvalue weighted by Gasteiger charge is -2.18. The Bertz CT molecular complexity index is 549. The monoisotopic (exact) mass is 342 g/mol. The van der Waals surface area contributed by atoms with Crippen molar-refractivity contribution in [2.45, 2.75) is 25.2 Å². The van der Waals surface area contributed by atoms with E-state index < -0.39 is 19.9 Å². The van der Waals surface area contributed by atoms with Crippen LogP contribution in [0.5, 0.6) is 0 Å². The summed E-state index contributed by atoms with van der Waals surface area (Å²) in [7, 11) is 2.09. The Labute approximate surface area is 136 Å². The highest BCUT2D eigenvalue weighted by Gasteiger charge is 2.53. The van der Waals surface area contributed by atoms with E-state index in [-0.39, 0.29) is 11.3 Å². The van der Waals surface area contributed by atoms with Gasteiger partial charge in [-0.1, -0.05) is 31.2 Å². The van der Waals surface area contributed by atoms with E-state index in [4.69, 9.17) is 21.1 Å². The van der Waals surface area contributed by atoms with Crippen molar-refractivity contribution in [3.8, 4) is 0 Å². The fraction of sp³-hybridized carbons (Fsp3) is 0.500. The topological polar surface area (TPSA) is 52.6 Å². The van der Waals surface area contributed by atoms with E-state index in [9.17, 15) is 9.59 Å². The predicted octanol–water partition coefficient (Wildman–Crippen LogP) is 3.01. The summed E-state index contributed by atoms with van der Waals surface area (Å²) in [5.41, 5.74) is 3.33. The fourth-order valence-electron chi connectivity index (χ4n) is 3.27. The average molecular weight is 343 g/mol. The molecule has 2 aliphatic heterocycles. The molecule has 0 aliphatic carbocycles. The van der Waals surface area contributed by atoms with E-state index >= 15 is 0 Å². The molecule has 0 saturated heterocycles. The van der Waals surface area contributed by atoms with Crippen molar-refractivity contribution in [1.82, 2.24) is 0 Å². The summed E-state index contributed by atoms with van der Waals surface area (Å²) in [6.45, 7) is 4.08. The van der Waals surface area contributed by atoms with Gasteiger partial charge < -0.3 is 9.47 Å². The summed E-state index contributed by atoms with van der Waals surface area (Å²) in [6, 6.07) is 0. The lowest BCUT2D eigenvalue weighted by Crippen LogP contribution is -2.24. The second kappa shape index (κ2) is 6.97. The number of methoxy groups -OCH3 is 2. The van der Waals surface area contributed by atoms with Crippen LogP contribution < -0.4 is 0 Å². The number of esters is 2. The molecule has 3 atom stereocenters. The van der Waals surface area contributed by atoms with Gasteiger partial charge in [-0.3, -0.25) is 0 Å². The van der Waals surface area contributed by atoms with Crippen LogP contribution in [0.1, 0.15) is 13.8 Å². The van der Waals surface area contributed by atoms with Crippen LogP contribution in [-0.4, -0.2) is 49.5 Å². The van der Waals surface area contributed by atoms with Crippen LogP contribution in [0, 0.1) is 0 Å². The molecule has 0 fully saturated rings. The second-order valence-electron chi connectivity index (χ2n) is 5.30. The van der Waals surface area contributed by atoms with Crippen molar-refractivity contribution in [2.24, 2.45) is 0 Å². The largest absolute Gasteiger partial charge is 0.466 e. The molecule has 0 aromatic rings. The summed E-state index contributed by atoms with van der Waals surface area (Å²) in [4.78, 5) is 24.4. The number of ether oxygens (including phenoxy) is 2. The summed E-state index contributed by atoms with van der Waals surface area (Å²) in [5, 5.41) is 0. The van der Waals surface area contributed by atoms with Crippen molar-refractivity contribution < 1.29 is 19.1 Å². The van der Waals surface area contributed by atoms with Crippen LogP contribution in [0.25, 0.3) is 0 Å². The molecule has 4 nitrogen and oxygen atoms in total. The van der Waals surface area contributed by atoms with Crippen LogP contribution >= 0.6 is 19.5 Å². The molecule has 0 saturated carbocycles. The molecule has 0 amide bonds. The third-order valence-corrected chi connectivity index (χ3v) is 7.75. The number of carbonyl (C=O) groups excluding carboxylic acids is 2. The Balaban J connectivity index is 2.46. The van der Waals surface area contributed by atoms with Gasteiger partial charge in [0, 0.05) is 17.2 Å². The standard InChI is InChI=1S/C16H20ClO4P/c1-9-10(2)14-12(16(19)21-4)11(15(18)20-3)13(9)22(14)8-6-5-7-17/h5-6,13-14H,7-8H2,1-4H3/b6-5-/t13-,14+,22?. The molecule has 1 unspecified atom stereocenters. The number of rotatable bonds is 5. The molecule has 6 heteroatoms. The van der Waals surface area contributed by atoms with Crippen molar-refractivity contribution >= 4 is 31.5 Å². The third kappa shape index (κ3) is 2.63. The molecular formula is C16H20ClO4P. The molecule has 0 radical (unpaired) electrons. The van der Waals surface area contributed by atoms with Crippen molar-refractivity contribution in [2.75, 3.05) is 26.3 Å². The number of allylic oxidation sites excluding steroid dienone is 4. The zero-order valence-corrected chi connectivity index (χ0v) is 14.8. The van der Waals surface area contributed by atoms with E-state index in [1.807, 2.05) is 26.0 Å².